The highest BCUT2D eigenvalue weighted by molar-refractivity contribution is 8.14. The van der Waals surface area contributed by atoms with Gasteiger partial charge in [0.1, 0.15) is 5.82 Å². The molecule has 1 atom stereocenters. The average molecular weight is 266 g/mol. The minimum absolute atomic E-state index is 0.656. The maximum absolute atomic E-state index is 4.59. The fourth-order valence-electron chi connectivity index (χ4n) is 2.27. The van der Waals surface area contributed by atoms with Crippen molar-refractivity contribution in [1.29, 1.82) is 0 Å². The third-order valence-corrected chi connectivity index (χ3v) is 4.90. The van der Waals surface area contributed by atoms with Crippen molar-refractivity contribution in [3.8, 4) is 0 Å². The molecule has 1 aliphatic heterocycles. The number of rotatable bonds is 5. The molecular weight excluding hydrogens is 244 g/mol. The van der Waals surface area contributed by atoms with Crippen molar-refractivity contribution >= 4 is 16.9 Å². The van der Waals surface area contributed by atoms with Gasteiger partial charge < -0.3 is 9.88 Å². The molecule has 2 heterocycles. The third kappa shape index (κ3) is 3.07. The topological polar surface area (TPSA) is 42.2 Å². The Morgan fingerprint density at radius 1 is 1.50 bits per heavy atom. The standard InChI is InChI=1S/C13H22N4S/c1-4-10(5-2)11-8-15-13(18-11)16-9-12-14-6-7-17(12)3/h6-7,10-11H,4-5,8-9H2,1-3H3,(H,15,16). The molecule has 0 aromatic carbocycles. The van der Waals surface area contributed by atoms with E-state index in [0.717, 1.165) is 30.0 Å². The first kappa shape index (κ1) is 13.5. The van der Waals surface area contributed by atoms with Crippen molar-refractivity contribution in [3.63, 3.8) is 0 Å². The molecule has 1 N–H and O–H groups in total. The molecule has 1 aliphatic rings. The van der Waals surface area contributed by atoms with E-state index in [-0.39, 0.29) is 0 Å². The number of imidazole rings is 1. The van der Waals surface area contributed by atoms with Crippen molar-refractivity contribution in [2.45, 2.75) is 38.5 Å². The van der Waals surface area contributed by atoms with E-state index in [1.54, 1.807) is 0 Å². The normalized spacial score (nSPS) is 19.3. The van der Waals surface area contributed by atoms with E-state index in [1.165, 1.54) is 12.8 Å². The van der Waals surface area contributed by atoms with Crippen LogP contribution in [0.2, 0.25) is 0 Å². The van der Waals surface area contributed by atoms with Crippen molar-refractivity contribution < 1.29 is 0 Å². The number of thioether (sulfide) groups is 1. The molecule has 1 aromatic rings. The lowest BCUT2D eigenvalue weighted by Gasteiger charge is -2.18. The van der Waals surface area contributed by atoms with Gasteiger partial charge in [-0.15, -0.1) is 0 Å². The van der Waals surface area contributed by atoms with Crippen molar-refractivity contribution in [2.24, 2.45) is 18.0 Å². The van der Waals surface area contributed by atoms with Gasteiger partial charge in [-0.25, -0.2) is 4.98 Å². The first-order chi connectivity index (χ1) is 8.74. The Balaban J connectivity index is 1.81. The fraction of sp³-hybridized carbons (Fsp3) is 0.692. The number of hydrogen-bond donors (Lipinski definition) is 1. The summed E-state index contributed by atoms with van der Waals surface area (Å²) in [5, 5.41) is 5.12. The van der Waals surface area contributed by atoms with Gasteiger partial charge in [-0.05, 0) is 5.92 Å². The quantitative estimate of drug-likeness (QED) is 0.890. The first-order valence-corrected chi connectivity index (χ1v) is 7.53. The largest absolute Gasteiger partial charge is 0.358 e. The van der Waals surface area contributed by atoms with Crippen molar-refractivity contribution in [2.75, 3.05) is 6.54 Å². The lowest BCUT2D eigenvalue weighted by molar-refractivity contribution is 0.479. The highest BCUT2D eigenvalue weighted by atomic mass is 32.2. The number of aryl methyl sites for hydroxylation is 1. The predicted octanol–water partition coefficient (Wildman–Crippen LogP) is 2.42. The van der Waals surface area contributed by atoms with E-state index in [4.69, 9.17) is 0 Å². The maximum Gasteiger partial charge on any atom is 0.157 e. The number of aliphatic imine (C=N–C) groups is 1. The molecule has 4 nitrogen and oxygen atoms in total. The lowest BCUT2D eigenvalue weighted by atomic mass is 9.99. The highest BCUT2D eigenvalue weighted by Crippen LogP contribution is 2.30. The molecule has 5 heteroatoms. The van der Waals surface area contributed by atoms with Crippen LogP contribution in [0.3, 0.4) is 0 Å². The molecule has 0 spiro atoms. The van der Waals surface area contributed by atoms with Crippen LogP contribution in [0.5, 0.6) is 0 Å². The Morgan fingerprint density at radius 3 is 2.89 bits per heavy atom. The summed E-state index contributed by atoms with van der Waals surface area (Å²) < 4.78 is 2.03. The highest BCUT2D eigenvalue weighted by Gasteiger charge is 2.25. The van der Waals surface area contributed by atoms with E-state index in [2.05, 4.69) is 29.1 Å². The van der Waals surface area contributed by atoms with E-state index >= 15 is 0 Å². The molecule has 0 fully saturated rings. The van der Waals surface area contributed by atoms with Gasteiger partial charge >= 0.3 is 0 Å². The Morgan fingerprint density at radius 2 is 2.28 bits per heavy atom. The second-order valence-electron chi connectivity index (χ2n) is 4.69. The van der Waals surface area contributed by atoms with Gasteiger partial charge in [0.25, 0.3) is 0 Å². The van der Waals surface area contributed by atoms with Crippen LogP contribution in [0.15, 0.2) is 17.4 Å². The van der Waals surface area contributed by atoms with E-state index in [9.17, 15) is 0 Å². The van der Waals surface area contributed by atoms with Crippen molar-refractivity contribution in [3.05, 3.63) is 18.2 Å². The second-order valence-corrected chi connectivity index (χ2v) is 5.91. The second kappa shape index (κ2) is 6.27. The first-order valence-electron chi connectivity index (χ1n) is 6.65. The van der Waals surface area contributed by atoms with Crippen LogP contribution in [0.4, 0.5) is 0 Å². The summed E-state index contributed by atoms with van der Waals surface area (Å²) >= 11 is 1.90. The zero-order chi connectivity index (χ0) is 13.0. The smallest absolute Gasteiger partial charge is 0.157 e. The number of aromatic nitrogens is 2. The van der Waals surface area contributed by atoms with Crippen LogP contribution in [0.1, 0.15) is 32.5 Å². The minimum atomic E-state index is 0.656. The van der Waals surface area contributed by atoms with Crippen LogP contribution in [0.25, 0.3) is 0 Å². The van der Waals surface area contributed by atoms with E-state index in [1.807, 2.05) is 35.8 Å². The maximum atomic E-state index is 4.59. The van der Waals surface area contributed by atoms with Gasteiger partial charge in [0, 0.05) is 24.7 Å². The van der Waals surface area contributed by atoms with Gasteiger partial charge in [0.05, 0.1) is 13.1 Å². The molecule has 0 aliphatic carbocycles. The van der Waals surface area contributed by atoms with Crippen molar-refractivity contribution in [1.82, 2.24) is 14.9 Å². The van der Waals surface area contributed by atoms with E-state index in [0.29, 0.717) is 5.25 Å². The molecule has 1 aromatic heterocycles. The van der Waals surface area contributed by atoms with Crippen LogP contribution in [0, 0.1) is 5.92 Å². The van der Waals surface area contributed by atoms with Gasteiger partial charge in [-0.1, -0.05) is 38.5 Å². The number of nitrogens with one attached hydrogen (secondary N) is 1. The SMILES string of the molecule is CCC(CC)C1CN=C(NCc2nccn2C)S1. The van der Waals surface area contributed by atoms with Gasteiger partial charge in [0.15, 0.2) is 5.17 Å². The monoisotopic (exact) mass is 266 g/mol. The average Bonchev–Trinajstić information content (AvgIpc) is 2.98. The summed E-state index contributed by atoms with van der Waals surface area (Å²) in [6, 6.07) is 0. The molecule has 1 unspecified atom stereocenters. The van der Waals surface area contributed by atoms with Gasteiger partial charge in [-0.2, -0.15) is 0 Å². The number of nitrogens with zero attached hydrogens (tertiary/aromatic N) is 3. The summed E-state index contributed by atoms with van der Waals surface area (Å²) in [6.45, 7) is 6.26. The Labute approximate surface area is 113 Å². The fourth-order valence-corrected chi connectivity index (χ4v) is 3.59. The van der Waals surface area contributed by atoms with Crippen LogP contribution in [-0.2, 0) is 13.6 Å². The summed E-state index contributed by atoms with van der Waals surface area (Å²) in [7, 11) is 2.01. The van der Waals surface area contributed by atoms with Crippen LogP contribution < -0.4 is 5.32 Å². The number of hydrogen-bond acceptors (Lipinski definition) is 4. The molecule has 0 amide bonds. The summed E-state index contributed by atoms with van der Waals surface area (Å²) in [5.41, 5.74) is 0. The zero-order valence-corrected chi connectivity index (χ0v) is 12.2. The zero-order valence-electron chi connectivity index (χ0n) is 11.4. The minimum Gasteiger partial charge on any atom is -0.358 e. The molecule has 0 bridgehead atoms. The molecule has 18 heavy (non-hydrogen) atoms. The summed E-state index contributed by atoms with van der Waals surface area (Å²) in [6.07, 6.45) is 6.29. The Kier molecular flexibility index (Phi) is 4.69. The molecule has 0 radical (unpaired) electrons. The van der Waals surface area contributed by atoms with Crippen LogP contribution in [-0.4, -0.2) is 26.5 Å². The third-order valence-electron chi connectivity index (χ3n) is 3.57. The molecule has 0 saturated carbocycles. The lowest BCUT2D eigenvalue weighted by Crippen LogP contribution is -2.22. The van der Waals surface area contributed by atoms with E-state index < -0.39 is 0 Å². The molecule has 0 saturated heterocycles. The molecule has 100 valence electrons. The predicted molar refractivity (Wildman–Crippen MR) is 77.8 cm³/mol. The molecule has 2 rings (SSSR count). The number of amidine groups is 1. The van der Waals surface area contributed by atoms with Gasteiger partial charge in [0.2, 0.25) is 0 Å². The van der Waals surface area contributed by atoms with Crippen LogP contribution >= 0.6 is 11.8 Å². The van der Waals surface area contributed by atoms with Gasteiger partial charge in [-0.3, -0.25) is 4.99 Å². The Bertz CT molecular complexity index is 409. The summed E-state index contributed by atoms with van der Waals surface area (Å²) in [5.74, 6) is 1.83. The summed E-state index contributed by atoms with van der Waals surface area (Å²) in [4.78, 5) is 8.89. The molecular formula is C13H22N4S. The Hall–Kier alpha value is -0.970.